The van der Waals surface area contributed by atoms with Gasteiger partial charge in [0.05, 0.1) is 31.0 Å². The monoisotopic (exact) mass is 496 g/mol. The molecule has 0 aliphatic heterocycles. The third kappa shape index (κ3) is 6.78. The van der Waals surface area contributed by atoms with Gasteiger partial charge in [0.15, 0.2) is 0 Å². The summed E-state index contributed by atoms with van der Waals surface area (Å²) in [5.74, 6) is 0. The summed E-state index contributed by atoms with van der Waals surface area (Å²) in [7, 11) is 2.37. The van der Waals surface area contributed by atoms with E-state index in [9.17, 15) is 31.1 Å². The number of hydrogen-bond donors (Lipinski definition) is 0. The Hall–Kier alpha value is -2.93. The molecule has 0 bridgehead atoms. The van der Waals surface area contributed by atoms with E-state index in [1.54, 1.807) is 18.2 Å². The Morgan fingerprint density at radius 2 is 1.58 bits per heavy atom. The summed E-state index contributed by atoms with van der Waals surface area (Å²) in [4.78, 5) is 22.0. The molecule has 180 valence electrons. The second-order valence-corrected chi connectivity index (χ2v) is 7.04. The Morgan fingerprint density at radius 1 is 1.00 bits per heavy atom. The quantitative estimate of drug-likeness (QED) is 0.209. The first-order valence-electron chi connectivity index (χ1n) is 8.96. The summed E-state index contributed by atoms with van der Waals surface area (Å²) < 4.78 is 83.4. The number of methoxy groups -OCH3 is 1. The number of rotatable bonds is 6. The van der Waals surface area contributed by atoms with Crippen LogP contribution in [0.25, 0.3) is 0 Å². The number of ether oxygens (including phenoxy) is 1. The average molecular weight is 496 g/mol. The van der Waals surface area contributed by atoms with Gasteiger partial charge in [0, 0.05) is 11.1 Å². The lowest BCUT2D eigenvalue weighted by Crippen LogP contribution is -2.30. The van der Waals surface area contributed by atoms with Gasteiger partial charge in [-0.2, -0.15) is 31.4 Å². The van der Waals surface area contributed by atoms with Crippen LogP contribution in [-0.4, -0.2) is 31.6 Å². The fraction of sp³-hybridized carbons (Fsp3) is 0.300. The van der Waals surface area contributed by atoms with E-state index >= 15 is 0 Å². The van der Waals surface area contributed by atoms with Crippen molar-refractivity contribution < 1.29 is 45.5 Å². The number of anilines is 1. The first kappa shape index (κ1) is 26.3. The second kappa shape index (κ2) is 10.8. The second-order valence-electron chi connectivity index (χ2n) is 6.24. The number of halogens is 6. The molecule has 0 aliphatic carbocycles. The first-order chi connectivity index (χ1) is 15.4. The average Bonchev–Trinajstić information content (AvgIpc) is 2.76. The Bertz CT molecular complexity index is 979. The molecule has 0 unspecified atom stereocenters. The number of oxime groups is 1. The lowest BCUT2D eigenvalue weighted by molar-refractivity contribution is -0.143. The van der Waals surface area contributed by atoms with Crippen LogP contribution in [0.2, 0.25) is 0 Å². The zero-order valence-corrected chi connectivity index (χ0v) is 18.3. The summed E-state index contributed by atoms with van der Waals surface area (Å²) in [6, 6.07) is 7.45. The Kier molecular flexibility index (Phi) is 8.61. The predicted molar refractivity (Wildman–Crippen MR) is 110 cm³/mol. The summed E-state index contributed by atoms with van der Waals surface area (Å²) >= 11 is 0.801. The van der Waals surface area contributed by atoms with Crippen molar-refractivity contribution in [2.24, 2.45) is 5.16 Å². The maximum Gasteiger partial charge on any atom is 0.438 e. The minimum atomic E-state index is -4.99. The van der Waals surface area contributed by atoms with Gasteiger partial charge in [-0.25, -0.2) is 4.79 Å². The molecule has 2 aromatic carbocycles. The van der Waals surface area contributed by atoms with Gasteiger partial charge in [-0.05, 0) is 30.5 Å². The van der Waals surface area contributed by atoms with E-state index in [4.69, 9.17) is 9.68 Å². The molecule has 0 spiro atoms. The van der Waals surface area contributed by atoms with E-state index in [-0.39, 0.29) is 23.4 Å². The van der Waals surface area contributed by atoms with Gasteiger partial charge in [-0.1, -0.05) is 23.4 Å². The van der Waals surface area contributed by atoms with Crippen molar-refractivity contribution in [2.75, 3.05) is 25.5 Å². The van der Waals surface area contributed by atoms with Gasteiger partial charge >= 0.3 is 18.4 Å². The molecule has 0 aliphatic rings. The van der Waals surface area contributed by atoms with Crippen LogP contribution in [0, 0.1) is 0 Å². The molecule has 6 nitrogen and oxygen atoms in total. The molecule has 2 aromatic rings. The highest BCUT2D eigenvalue weighted by atomic mass is 32.2. The van der Waals surface area contributed by atoms with Gasteiger partial charge in [-0.15, -0.1) is 11.8 Å². The van der Waals surface area contributed by atoms with E-state index < -0.39 is 35.1 Å². The van der Waals surface area contributed by atoms with Crippen molar-refractivity contribution in [1.29, 1.82) is 0 Å². The van der Waals surface area contributed by atoms with Crippen LogP contribution in [0.3, 0.4) is 0 Å². The third-order valence-electron chi connectivity index (χ3n) is 4.13. The maximum atomic E-state index is 13.1. The maximum absolute atomic E-state index is 13.1. The first-order valence-corrected chi connectivity index (χ1v) is 10.2. The Labute approximate surface area is 189 Å². The topological polar surface area (TPSA) is 60.4 Å². The molecule has 2 rings (SSSR count). The number of alkyl halides is 6. The normalized spacial score (nSPS) is 12.5. The number of benzene rings is 2. The van der Waals surface area contributed by atoms with Gasteiger partial charge in [0.25, 0.3) is 0 Å². The van der Waals surface area contributed by atoms with E-state index in [1.807, 2.05) is 0 Å². The number of nitrogens with zero attached hydrogens (tertiary/aromatic N) is 2. The van der Waals surface area contributed by atoms with E-state index in [0.717, 1.165) is 23.9 Å². The van der Waals surface area contributed by atoms with Crippen LogP contribution < -0.4 is 5.06 Å². The molecule has 0 heterocycles. The number of carbonyl (C=O) groups excluding carboxylic acids is 1. The van der Waals surface area contributed by atoms with Gasteiger partial charge in [-0.3, -0.25) is 4.84 Å². The summed E-state index contributed by atoms with van der Waals surface area (Å²) in [6.45, 7) is -0.276. The fourth-order valence-corrected chi connectivity index (χ4v) is 3.11. The molecule has 0 aromatic heterocycles. The molecular weight excluding hydrogens is 478 g/mol. The van der Waals surface area contributed by atoms with Crippen LogP contribution in [0.5, 0.6) is 0 Å². The number of para-hydroxylation sites is 1. The predicted octanol–water partition coefficient (Wildman–Crippen LogP) is 6.10. The Balaban J connectivity index is 2.37. The zero-order valence-electron chi connectivity index (χ0n) is 17.5. The molecule has 0 radical (unpaired) electrons. The summed E-state index contributed by atoms with van der Waals surface area (Å²) in [5.41, 5.74) is -2.72. The van der Waals surface area contributed by atoms with Crippen LogP contribution >= 0.6 is 11.8 Å². The molecule has 0 saturated carbocycles. The highest BCUT2D eigenvalue weighted by molar-refractivity contribution is 8.13. The van der Waals surface area contributed by atoms with Crippen molar-refractivity contribution in [3.05, 3.63) is 64.7 Å². The minimum absolute atomic E-state index is 0.0324. The molecule has 1 amide bonds. The number of hydrogen-bond acceptors (Lipinski definition) is 6. The van der Waals surface area contributed by atoms with Crippen LogP contribution in [0.15, 0.2) is 47.6 Å². The molecule has 0 N–H and O–H groups in total. The molecular formula is C20H18F6N2O4S. The number of carbonyl (C=O) groups is 1. The van der Waals surface area contributed by atoms with Crippen molar-refractivity contribution >= 4 is 28.6 Å². The number of amides is 1. The van der Waals surface area contributed by atoms with Gasteiger partial charge in [0.2, 0.25) is 0 Å². The molecule has 0 saturated heterocycles. The molecule has 0 atom stereocenters. The number of thioether (sulfide) groups is 1. The van der Waals surface area contributed by atoms with Gasteiger partial charge in [0.1, 0.15) is 11.7 Å². The van der Waals surface area contributed by atoms with Crippen molar-refractivity contribution in [2.45, 2.75) is 19.0 Å². The smallest absolute Gasteiger partial charge is 0.438 e. The summed E-state index contributed by atoms with van der Waals surface area (Å²) in [6.07, 6.45) is -9.39. The SMILES string of the molecule is COC(=O)N(OC)c1ccccc1CO/N=C(\SC)c1cc(C(F)(F)F)cc(C(F)(F)F)c1. The fourth-order valence-electron chi connectivity index (χ4n) is 2.63. The standard InChI is InChI=1S/C20H18F6N2O4S/c1-30-18(29)28(31-2)16-7-5-4-6-12(16)11-32-27-17(33-3)13-8-14(19(21,22)23)10-15(9-13)20(24,25)26/h4-10H,11H2,1-3H3/b27-17-. The van der Waals surface area contributed by atoms with E-state index in [2.05, 4.69) is 9.89 Å². The highest BCUT2D eigenvalue weighted by Gasteiger charge is 2.37. The lowest BCUT2D eigenvalue weighted by Gasteiger charge is -2.20. The zero-order chi connectivity index (χ0) is 24.8. The van der Waals surface area contributed by atoms with E-state index in [1.165, 1.54) is 19.4 Å². The molecule has 13 heteroatoms. The lowest BCUT2D eigenvalue weighted by atomic mass is 10.1. The van der Waals surface area contributed by atoms with Crippen molar-refractivity contribution in [3.8, 4) is 0 Å². The van der Waals surface area contributed by atoms with Crippen molar-refractivity contribution in [3.63, 3.8) is 0 Å². The third-order valence-corrected chi connectivity index (χ3v) is 4.83. The Morgan fingerprint density at radius 3 is 2.06 bits per heavy atom. The van der Waals surface area contributed by atoms with Crippen LogP contribution in [0.1, 0.15) is 22.3 Å². The van der Waals surface area contributed by atoms with E-state index in [0.29, 0.717) is 17.7 Å². The van der Waals surface area contributed by atoms with Crippen LogP contribution in [-0.2, 0) is 33.4 Å². The summed E-state index contributed by atoms with van der Waals surface area (Å²) in [5, 5.41) is 4.34. The van der Waals surface area contributed by atoms with Crippen molar-refractivity contribution in [1.82, 2.24) is 0 Å². The minimum Gasteiger partial charge on any atom is -0.451 e. The van der Waals surface area contributed by atoms with Crippen LogP contribution in [0.4, 0.5) is 36.8 Å². The number of hydroxylamine groups is 1. The molecule has 0 fully saturated rings. The molecule has 33 heavy (non-hydrogen) atoms. The van der Waals surface area contributed by atoms with Gasteiger partial charge < -0.3 is 9.57 Å². The largest absolute Gasteiger partial charge is 0.451 e. The highest BCUT2D eigenvalue weighted by Crippen LogP contribution is 2.37.